The topological polar surface area (TPSA) is 75.8 Å². The number of aliphatic hydroxyl groups is 1. The molecular weight excluding hydrogens is 372 g/mol. The highest BCUT2D eigenvalue weighted by Gasteiger charge is 2.15. The maximum absolute atomic E-state index is 12.1. The van der Waals surface area contributed by atoms with Crippen molar-refractivity contribution in [2.45, 2.75) is 26.5 Å². The van der Waals surface area contributed by atoms with Crippen LogP contribution in [0, 0.1) is 0 Å². The zero-order valence-corrected chi connectivity index (χ0v) is 15.2. The van der Waals surface area contributed by atoms with Crippen LogP contribution in [-0.4, -0.2) is 47.7 Å². The fourth-order valence-electron chi connectivity index (χ4n) is 1.91. The lowest BCUT2D eigenvalue weighted by Crippen LogP contribution is -2.23. The molecule has 3 N–H and O–H groups in total. The van der Waals surface area contributed by atoms with Crippen LogP contribution in [0.2, 0.25) is 0 Å². The number of hydrogen-bond acceptors (Lipinski definition) is 5. The van der Waals surface area contributed by atoms with Crippen molar-refractivity contribution in [2.24, 2.45) is 0 Å². The van der Waals surface area contributed by atoms with Gasteiger partial charge in [0.05, 0.1) is 17.1 Å². The van der Waals surface area contributed by atoms with E-state index in [-0.39, 0.29) is 12.5 Å². The van der Waals surface area contributed by atoms with Gasteiger partial charge in [-0.25, -0.2) is 4.79 Å². The molecule has 1 aromatic carbocycles. The fraction of sp³-hybridized carbons (Fsp3) is 0.533. The second-order valence-corrected chi connectivity index (χ2v) is 6.06. The zero-order valence-electron chi connectivity index (χ0n) is 12.8. The Morgan fingerprint density at radius 3 is 2.64 bits per heavy atom. The van der Waals surface area contributed by atoms with Gasteiger partial charge in [0.2, 0.25) is 0 Å². The van der Waals surface area contributed by atoms with E-state index < -0.39 is 12.1 Å². The van der Waals surface area contributed by atoms with Gasteiger partial charge in [0.15, 0.2) is 0 Å². The first-order valence-corrected chi connectivity index (χ1v) is 8.47. The number of nitrogens with two attached hydrogens (primary N) is 1. The SMILES string of the molecule is CCN(CC)Cc1cc(C(=O)OCC(O)CCl)cc(Br)c1N. The average molecular weight is 394 g/mol. The number of nitrogens with zero attached hydrogens (tertiary/aromatic N) is 1. The molecule has 0 aliphatic heterocycles. The molecule has 0 aromatic heterocycles. The molecule has 0 aliphatic rings. The van der Waals surface area contributed by atoms with Gasteiger partial charge in [-0.1, -0.05) is 13.8 Å². The largest absolute Gasteiger partial charge is 0.459 e. The van der Waals surface area contributed by atoms with Crippen molar-refractivity contribution in [3.05, 3.63) is 27.7 Å². The molecule has 7 heteroatoms. The third-order valence-corrected chi connectivity index (χ3v) is 4.34. The first-order chi connectivity index (χ1) is 10.4. The summed E-state index contributed by atoms with van der Waals surface area (Å²) in [5.41, 5.74) is 7.94. The smallest absolute Gasteiger partial charge is 0.338 e. The number of carbonyl (C=O) groups is 1. The maximum Gasteiger partial charge on any atom is 0.338 e. The molecule has 1 atom stereocenters. The van der Waals surface area contributed by atoms with Crippen LogP contribution >= 0.6 is 27.5 Å². The van der Waals surface area contributed by atoms with E-state index in [0.29, 0.717) is 22.3 Å². The van der Waals surface area contributed by atoms with E-state index in [1.165, 1.54) is 0 Å². The van der Waals surface area contributed by atoms with E-state index in [9.17, 15) is 9.90 Å². The zero-order chi connectivity index (χ0) is 16.7. The molecule has 0 saturated heterocycles. The van der Waals surface area contributed by atoms with Crippen molar-refractivity contribution in [2.75, 3.05) is 31.3 Å². The summed E-state index contributed by atoms with van der Waals surface area (Å²) in [4.78, 5) is 14.3. The van der Waals surface area contributed by atoms with Crippen molar-refractivity contribution in [3.63, 3.8) is 0 Å². The van der Waals surface area contributed by atoms with Crippen LogP contribution in [0.3, 0.4) is 0 Å². The molecule has 124 valence electrons. The normalized spacial score (nSPS) is 12.5. The first kappa shape index (κ1) is 19.2. The monoisotopic (exact) mass is 392 g/mol. The van der Waals surface area contributed by atoms with Gasteiger partial charge in [-0.3, -0.25) is 4.90 Å². The lowest BCUT2D eigenvalue weighted by atomic mass is 10.1. The summed E-state index contributed by atoms with van der Waals surface area (Å²) in [6, 6.07) is 3.35. The number of anilines is 1. The Morgan fingerprint density at radius 2 is 2.09 bits per heavy atom. The second kappa shape index (κ2) is 9.35. The molecule has 0 heterocycles. The lowest BCUT2D eigenvalue weighted by molar-refractivity contribution is 0.0303. The third kappa shape index (κ3) is 5.43. The van der Waals surface area contributed by atoms with Crippen LogP contribution in [0.5, 0.6) is 0 Å². The van der Waals surface area contributed by atoms with E-state index in [0.717, 1.165) is 18.7 Å². The standard InChI is InChI=1S/C15H22BrClN2O3/c1-3-19(4-2)8-11-5-10(6-13(16)14(11)18)15(21)22-9-12(20)7-17/h5-6,12,20H,3-4,7-9,18H2,1-2H3. The first-order valence-electron chi connectivity index (χ1n) is 7.14. The molecule has 0 saturated carbocycles. The summed E-state index contributed by atoms with van der Waals surface area (Å²) in [6.07, 6.45) is -0.863. The number of aliphatic hydroxyl groups excluding tert-OH is 1. The third-order valence-electron chi connectivity index (χ3n) is 3.32. The van der Waals surface area contributed by atoms with E-state index in [1.807, 2.05) is 0 Å². The van der Waals surface area contributed by atoms with E-state index in [2.05, 4.69) is 34.7 Å². The highest BCUT2D eigenvalue weighted by Crippen LogP contribution is 2.27. The van der Waals surface area contributed by atoms with Gasteiger partial charge >= 0.3 is 5.97 Å². The van der Waals surface area contributed by atoms with Crippen LogP contribution in [-0.2, 0) is 11.3 Å². The molecule has 0 spiro atoms. The van der Waals surface area contributed by atoms with Crippen LogP contribution in [0.4, 0.5) is 5.69 Å². The van der Waals surface area contributed by atoms with E-state index >= 15 is 0 Å². The molecule has 1 rings (SSSR count). The van der Waals surface area contributed by atoms with Crippen molar-refractivity contribution < 1.29 is 14.6 Å². The van der Waals surface area contributed by atoms with Crippen LogP contribution in [0.25, 0.3) is 0 Å². The predicted molar refractivity (Wildman–Crippen MR) is 92.2 cm³/mol. The minimum atomic E-state index is -0.863. The van der Waals surface area contributed by atoms with Gasteiger partial charge in [0.25, 0.3) is 0 Å². The van der Waals surface area contributed by atoms with Gasteiger partial charge in [-0.2, -0.15) is 0 Å². The molecule has 1 aromatic rings. The highest BCUT2D eigenvalue weighted by atomic mass is 79.9. The maximum atomic E-state index is 12.1. The fourth-order valence-corrected chi connectivity index (χ4v) is 2.50. The number of alkyl halides is 1. The van der Waals surface area contributed by atoms with Gasteiger partial charge < -0.3 is 15.6 Å². The summed E-state index contributed by atoms with van der Waals surface area (Å²) in [7, 11) is 0. The van der Waals surface area contributed by atoms with E-state index in [1.54, 1.807) is 12.1 Å². The van der Waals surface area contributed by atoms with Crippen molar-refractivity contribution >= 4 is 39.2 Å². The predicted octanol–water partition coefficient (Wildman–Crippen LogP) is 2.63. The number of carbonyl (C=O) groups excluding carboxylic acids is 1. The van der Waals surface area contributed by atoms with Gasteiger partial charge in [0, 0.05) is 11.0 Å². The molecular formula is C15H22BrClN2O3. The van der Waals surface area contributed by atoms with Gasteiger partial charge in [-0.15, -0.1) is 11.6 Å². The number of benzene rings is 1. The van der Waals surface area contributed by atoms with Crippen molar-refractivity contribution in [3.8, 4) is 0 Å². The summed E-state index contributed by atoms with van der Waals surface area (Å²) >= 11 is 8.84. The van der Waals surface area contributed by atoms with E-state index in [4.69, 9.17) is 22.1 Å². The summed E-state index contributed by atoms with van der Waals surface area (Å²) in [5, 5.41) is 9.34. The molecule has 1 unspecified atom stereocenters. The molecule has 5 nitrogen and oxygen atoms in total. The molecule has 0 amide bonds. The Bertz CT molecular complexity index is 510. The Morgan fingerprint density at radius 1 is 1.45 bits per heavy atom. The second-order valence-electron chi connectivity index (χ2n) is 4.90. The minimum Gasteiger partial charge on any atom is -0.459 e. The van der Waals surface area contributed by atoms with Crippen LogP contribution < -0.4 is 5.73 Å². The highest BCUT2D eigenvalue weighted by molar-refractivity contribution is 9.10. The molecule has 22 heavy (non-hydrogen) atoms. The number of rotatable bonds is 8. The summed E-state index contributed by atoms with van der Waals surface area (Å²) in [6.45, 7) is 6.45. The Labute approximate surface area is 144 Å². The summed E-state index contributed by atoms with van der Waals surface area (Å²) in [5.74, 6) is -0.489. The molecule has 0 radical (unpaired) electrons. The average Bonchev–Trinajstić information content (AvgIpc) is 2.53. The minimum absolute atomic E-state index is 0.0198. The number of nitrogen functional groups attached to an aromatic ring is 1. The van der Waals surface area contributed by atoms with Crippen molar-refractivity contribution in [1.82, 2.24) is 4.90 Å². The van der Waals surface area contributed by atoms with Gasteiger partial charge in [0.1, 0.15) is 12.7 Å². The number of ether oxygens (including phenoxy) is 1. The Balaban J connectivity index is 2.92. The Hall–Kier alpha value is -0.820. The molecule has 0 bridgehead atoms. The Kier molecular flexibility index (Phi) is 8.17. The number of esters is 1. The number of halogens is 2. The van der Waals surface area contributed by atoms with Gasteiger partial charge in [-0.05, 0) is 46.7 Å². The molecule has 0 aliphatic carbocycles. The quantitative estimate of drug-likeness (QED) is 0.403. The number of hydrogen-bond donors (Lipinski definition) is 2. The van der Waals surface area contributed by atoms with Crippen LogP contribution in [0.15, 0.2) is 16.6 Å². The summed E-state index contributed by atoms with van der Waals surface area (Å²) < 4.78 is 5.69. The van der Waals surface area contributed by atoms with Crippen molar-refractivity contribution in [1.29, 1.82) is 0 Å². The molecule has 0 fully saturated rings. The lowest BCUT2D eigenvalue weighted by Gasteiger charge is -2.20. The van der Waals surface area contributed by atoms with Crippen LogP contribution in [0.1, 0.15) is 29.8 Å².